The number of fused-ring (bicyclic) bond motifs is 4. The maximum atomic E-state index is 12.7. The van der Waals surface area contributed by atoms with E-state index in [1.165, 1.54) is 7.11 Å². The molecule has 170 valence electrons. The minimum Gasteiger partial charge on any atom is -0.467 e. The zero-order valence-corrected chi connectivity index (χ0v) is 18.7. The van der Waals surface area contributed by atoms with E-state index in [-0.39, 0.29) is 18.9 Å². The number of amides is 1. The van der Waals surface area contributed by atoms with Crippen molar-refractivity contribution in [3.63, 3.8) is 0 Å². The summed E-state index contributed by atoms with van der Waals surface area (Å²) in [5.74, 6) is -0.596. The first-order valence-electron chi connectivity index (χ1n) is 11.2. The molecule has 0 spiro atoms. The van der Waals surface area contributed by atoms with Crippen LogP contribution < -0.4 is 5.32 Å². The van der Waals surface area contributed by atoms with Crippen LogP contribution in [-0.2, 0) is 20.7 Å². The lowest BCUT2D eigenvalue weighted by Gasteiger charge is -2.18. The van der Waals surface area contributed by atoms with Crippen molar-refractivity contribution < 1.29 is 19.1 Å². The minimum absolute atomic E-state index is 0.0561. The summed E-state index contributed by atoms with van der Waals surface area (Å²) in [5, 5.41) is 3.64. The Kier molecular flexibility index (Phi) is 5.95. The number of hydrogen-bond acceptors (Lipinski definition) is 5. The fraction of sp³-hybridized carbons (Fsp3) is 0.179. The number of alkyl carbamates (subject to hydrolysis) is 1. The highest BCUT2D eigenvalue weighted by Gasteiger charge is 2.30. The summed E-state index contributed by atoms with van der Waals surface area (Å²) in [6.45, 7) is 0.172. The number of rotatable bonds is 6. The molecule has 0 saturated heterocycles. The predicted octanol–water partition coefficient (Wildman–Crippen LogP) is 4.86. The normalized spacial score (nSPS) is 13.1. The maximum absolute atomic E-state index is 12.7. The van der Waals surface area contributed by atoms with Gasteiger partial charge in [-0.05, 0) is 39.9 Å². The highest BCUT2D eigenvalue weighted by Crippen LogP contribution is 2.44. The van der Waals surface area contributed by atoms with Gasteiger partial charge in [-0.15, -0.1) is 0 Å². The van der Waals surface area contributed by atoms with Gasteiger partial charge in [0.05, 0.1) is 12.6 Å². The lowest BCUT2D eigenvalue weighted by Crippen LogP contribution is -2.43. The quantitative estimate of drug-likeness (QED) is 0.423. The smallest absolute Gasteiger partial charge is 0.407 e. The van der Waals surface area contributed by atoms with E-state index in [9.17, 15) is 9.59 Å². The third-order valence-corrected chi connectivity index (χ3v) is 6.21. The summed E-state index contributed by atoms with van der Waals surface area (Å²) in [4.78, 5) is 29.5. The molecule has 6 nitrogen and oxygen atoms in total. The summed E-state index contributed by atoms with van der Waals surface area (Å²) in [7, 11) is 1.30. The molecule has 6 heteroatoms. The van der Waals surface area contributed by atoms with Crippen molar-refractivity contribution in [2.75, 3.05) is 13.7 Å². The molecule has 0 aliphatic heterocycles. The second kappa shape index (κ2) is 9.35. The summed E-state index contributed by atoms with van der Waals surface area (Å²) in [5.41, 5.74) is 6.25. The number of ether oxygens (including phenoxy) is 2. The largest absolute Gasteiger partial charge is 0.467 e. The van der Waals surface area contributed by atoms with Crippen LogP contribution in [0.3, 0.4) is 0 Å². The Balaban J connectivity index is 1.28. The van der Waals surface area contributed by atoms with Gasteiger partial charge in [0.15, 0.2) is 0 Å². The Labute approximate surface area is 197 Å². The predicted molar refractivity (Wildman–Crippen MR) is 129 cm³/mol. The number of hydrogen-bond donors (Lipinski definition) is 1. The SMILES string of the molecule is COC(=O)C(Cc1cnc2ccccc2c1)NC(=O)OCC1c2ccccc2-c2ccccc21. The number of carbonyl (C=O) groups is 2. The highest BCUT2D eigenvalue weighted by molar-refractivity contribution is 5.83. The van der Waals surface area contributed by atoms with E-state index >= 15 is 0 Å². The van der Waals surface area contributed by atoms with Gasteiger partial charge in [0.25, 0.3) is 0 Å². The molecule has 5 rings (SSSR count). The molecule has 3 aromatic carbocycles. The van der Waals surface area contributed by atoms with Crippen LogP contribution in [0.5, 0.6) is 0 Å². The first kappa shape index (κ1) is 21.6. The van der Waals surface area contributed by atoms with Gasteiger partial charge in [0.2, 0.25) is 0 Å². The summed E-state index contributed by atoms with van der Waals surface area (Å²) in [6, 6.07) is 25.1. The number of benzene rings is 3. The Morgan fingerprint density at radius 3 is 2.29 bits per heavy atom. The van der Waals surface area contributed by atoms with E-state index in [2.05, 4.69) is 34.6 Å². The van der Waals surface area contributed by atoms with Crippen LogP contribution in [0.4, 0.5) is 4.79 Å². The monoisotopic (exact) mass is 452 g/mol. The molecule has 1 aliphatic rings. The molecule has 1 aromatic heterocycles. The van der Waals surface area contributed by atoms with Crippen molar-refractivity contribution in [1.29, 1.82) is 0 Å². The summed E-state index contributed by atoms with van der Waals surface area (Å²) in [6.07, 6.45) is 1.29. The average Bonchev–Trinajstić information content (AvgIpc) is 3.20. The second-order valence-electron chi connectivity index (χ2n) is 8.29. The zero-order valence-electron chi connectivity index (χ0n) is 18.7. The first-order valence-corrected chi connectivity index (χ1v) is 11.2. The van der Waals surface area contributed by atoms with Crippen LogP contribution in [-0.4, -0.2) is 36.8 Å². The van der Waals surface area contributed by atoms with E-state index in [0.29, 0.717) is 0 Å². The number of methoxy groups -OCH3 is 1. The number of carbonyl (C=O) groups excluding carboxylic acids is 2. The molecule has 1 heterocycles. The molecular formula is C28H24N2O4. The fourth-order valence-electron chi connectivity index (χ4n) is 4.58. The fourth-order valence-corrected chi connectivity index (χ4v) is 4.58. The van der Waals surface area contributed by atoms with Crippen molar-refractivity contribution in [1.82, 2.24) is 10.3 Å². The van der Waals surface area contributed by atoms with Crippen LogP contribution in [0, 0.1) is 0 Å². The van der Waals surface area contributed by atoms with E-state index < -0.39 is 18.1 Å². The minimum atomic E-state index is -0.886. The van der Waals surface area contributed by atoms with Crippen LogP contribution in [0.2, 0.25) is 0 Å². The Morgan fingerprint density at radius 1 is 0.941 bits per heavy atom. The van der Waals surface area contributed by atoms with Crippen LogP contribution in [0.15, 0.2) is 85.1 Å². The van der Waals surface area contributed by atoms with Gasteiger partial charge >= 0.3 is 12.1 Å². The lowest BCUT2D eigenvalue weighted by molar-refractivity contribution is -0.143. The molecule has 1 unspecified atom stereocenters. The molecule has 0 fully saturated rings. The molecular weight excluding hydrogens is 428 g/mol. The number of esters is 1. The molecule has 4 aromatic rings. The van der Waals surface area contributed by atoms with Gasteiger partial charge in [-0.25, -0.2) is 9.59 Å². The van der Waals surface area contributed by atoms with Crippen molar-refractivity contribution >= 4 is 23.0 Å². The molecule has 34 heavy (non-hydrogen) atoms. The van der Waals surface area contributed by atoms with Crippen LogP contribution in [0.1, 0.15) is 22.6 Å². The topological polar surface area (TPSA) is 77.5 Å². The molecule has 1 N–H and O–H groups in total. The Hall–Kier alpha value is -4.19. The molecule has 0 saturated carbocycles. The van der Waals surface area contributed by atoms with Crippen molar-refractivity contribution in [2.45, 2.75) is 18.4 Å². The number of pyridine rings is 1. The third-order valence-electron chi connectivity index (χ3n) is 6.21. The Morgan fingerprint density at radius 2 is 1.59 bits per heavy atom. The molecule has 1 aliphatic carbocycles. The summed E-state index contributed by atoms with van der Waals surface area (Å²) < 4.78 is 10.5. The molecule has 1 amide bonds. The highest BCUT2D eigenvalue weighted by atomic mass is 16.6. The summed E-state index contributed by atoms with van der Waals surface area (Å²) >= 11 is 0. The van der Waals surface area contributed by atoms with E-state index in [1.54, 1.807) is 6.20 Å². The van der Waals surface area contributed by atoms with Crippen LogP contribution in [0.25, 0.3) is 22.0 Å². The van der Waals surface area contributed by atoms with Gasteiger partial charge < -0.3 is 14.8 Å². The second-order valence-corrected chi connectivity index (χ2v) is 8.29. The molecule has 1 atom stereocenters. The van der Waals surface area contributed by atoms with E-state index in [1.807, 2.05) is 54.6 Å². The number of nitrogens with zero attached hydrogens (tertiary/aromatic N) is 1. The zero-order chi connectivity index (χ0) is 23.5. The van der Waals surface area contributed by atoms with Crippen LogP contribution >= 0.6 is 0 Å². The average molecular weight is 453 g/mol. The van der Waals surface area contributed by atoms with Gasteiger partial charge in [-0.2, -0.15) is 0 Å². The van der Waals surface area contributed by atoms with Crippen molar-refractivity contribution in [3.05, 3.63) is 102 Å². The number of para-hydroxylation sites is 1. The first-order chi connectivity index (χ1) is 16.6. The van der Waals surface area contributed by atoms with Crippen molar-refractivity contribution in [3.8, 4) is 11.1 Å². The standard InChI is InChI=1S/C28H24N2O4/c1-33-27(31)26(15-18-14-19-8-2-7-13-25(19)29-16-18)30-28(32)34-17-24-22-11-5-3-9-20(22)21-10-4-6-12-23(21)24/h2-14,16,24,26H,15,17H2,1H3,(H,30,32). The van der Waals surface area contributed by atoms with Crippen molar-refractivity contribution in [2.24, 2.45) is 0 Å². The maximum Gasteiger partial charge on any atom is 0.407 e. The van der Waals surface area contributed by atoms with E-state index in [4.69, 9.17) is 9.47 Å². The molecule has 0 bridgehead atoms. The molecule has 0 radical (unpaired) electrons. The van der Waals surface area contributed by atoms with Gasteiger partial charge in [-0.1, -0.05) is 66.7 Å². The van der Waals surface area contributed by atoms with E-state index in [0.717, 1.165) is 38.7 Å². The number of nitrogens with one attached hydrogen (secondary N) is 1. The van der Waals surface area contributed by atoms with Gasteiger partial charge in [0.1, 0.15) is 12.6 Å². The Bertz CT molecular complexity index is 1320. The lowest BCUT2D eigenvalue weighted by atomic mass is 9.98. The number of aromatic nitrogens is 1. The van der Waals surface area contributed by atoms with Gasteiger partial charge in [0, 0.05) is 23.9 Å². The third kappa shape index (κ3) is 4.22. The van der Waals surface area contributed by atoms with Gasteiger partial charge in [-0.3, -0.25) is 4.98 Å².